The maximum absolute atomic E-state index is 12.6. The molecule has 7 heteroatoms. The van der Waals surface area contributed by atoms with Crippen molar-refractivity contribution in [2.24, 2.45) is 0 Å². The van der Waals surface area contributed by atoms with Crippen LogP contribution < -0.4 is 5.56 Å². The van der Waals surface area contributed by atoms with Crippen LogP contribution >= 0.6 is 24.0 Å². The molecule has 2 aromatic carbocycles. The van der Waals surface area contributed by atoms with Crippen LogP contribution in [0.15, 0.2) is 58.2 Å². The van der Waals surface area contributed by atoms with Gasteiger partial charge in [0.05, 0.1) is 16.6 Å². The fraction of sp³-hybridized carbons (Fsp3) is 0.0667. The number of thioether (sulfide) groups is 1. The van der Waals surface area contributed by atoms with Gasteiger partial charge in [-0.1, -0.05) is 23.9 Å². The number of benzene rings is 2. The van der Waals surface area contributed by atoms with Crippen molar-refractivity contribution >= 4 is 34.9 Å². The maximum atomic E-state index is 12.6. The summed E-state index contributed by atoms with van der Waals surface area (Å²) in [6.07, 6.45) is 0. The Balaban J connectivity index is 2.14. The van der Waals surface area contributed by atoms with Crippen LogP contribution in [-0.2, 0) is 0 Å². The van der Waals surface area contributed by atoms with E-state index in [0.29, 0.717) is 33.2 Å². The summed E-state index contributed by atoms with van der Waals surface area (Å²) in [4.78, 5) is 16.0. The average molecular weight is 336 g/mol. The highest BCUT2D eigenvalue weighted by Crippen LogP contribution is 2.25. The Morgan fingerprint density at radius 2 is 1.77 bits per heavy atom. The van der Waals surface area contributed by atoms with E-state index in [-0.39, 0.29) is 10.3 Å². The van der Waals surface area contributed by atoms with Gasteiger partial charge < -0.3 is 4.98 Å². The van der Waals surface area contributed by atoms with Crippen LogP contribution in [0.5, 0.6) is 0 Å². The second-order valence-corrected chi connectivity index (χ2v) is 5.94. The Morgan fingerprint density at radius 1 is 1.09 bits per heavy atom. The lowest BCUT2D eigenvalue weighted by Crippen LogP contribution is -2.20. The minimum atomic E-state index is -2.47. The molecule has 1 N–H and O–H groups in total. The summed E-state index contributed by atoms with van der Waals surface area (Å²) in [6, 6.07) is 13.4. The van der Waals surface area contributed by atoms with Crippen molar-refractivity contribution in [3.63, 3.8) is 0 Å². The number of nitrogens with zero attached hydrogens (tertiary/aromatic N) is 1. The van der Waals surface area contributed by atoms with Gasteiger partial charge in [0.15, 0.2) is 4.77 Å². The number of H-pyrrole nitrogens is 1. The molecule has 0 aliphatic rings. The van der Waals surface area contributed by atoms with E-state index in [2.05, 4.69) is 4.98 Å². The summed E-state index contributed by atoms with van der Waals surface area (Å²) in [5.41, 5.74) is 0.961. The molecule has 0 aliphatic heterocycles. The molecule has 1 aromatic heterocycles. The van der Waals surface area contributed by atoms with E-state index in [0.717, 1.165) is 0 Å². The molecular formula is C15H10F2N2OS2. The molecule has 3 aromatic rings. The fourth-order valence-corrected chi connectivity index (χ4v) is 2.97. The summed E-state index contributed by atoms with van der Waals surface area (Å²) in [6.45, 7) is 0. The van der Waals surface area contributed by atoms with Crippen molar-refractivity contribution in [3.05, 3.63) is 63.7 Å². The Labute approximate surface area is 133 Å². The third-order valence-electron chi connectivity index (χ3n) is 3.13. The number of aromatic nitrogens is 2. The molecule has 0 saturated heterocycles. The van der Waals surface area contributed by atoms with Crippen molar-refractivity contribution in [2.45, 2.75) is 10.7 Å². The molecule has 3 rings (SSSR count). The molecular weight excluding hydrogens is 326 g/mol. The molecule has 0 spiro atoms. The summed E-state index contributed by atoms with van der Waals surface area (Å²) < 4.78 is 26.3. The Kier molecular flexibility index (Phi) is 4.08. The number of halogens is 2. The first-order valence-electron chi connectivity index (χ1n) is 6.35. The smallest absolute Gasteiger partial charge is 0.288 e. The van der Waals surface area contributed by atoms with Gasteiger partial charge in [0.1, 0.15) is 0 Å². The molecule has 3 nitrogen and oxygen atoms in total. The molecule has 22 heavy (non-hydrogen) atoms. The van der Waals surface area contributed by atoms with Crippen LogP contribution in [-0.4, -0.2) is 15.3 Å². The fourth-order valence-electron chi connectivity index (χ4n) is 2.17. The van der Waals surface area contributed by atoms with E-state index in [1.165, 1.54) is 4.57 Å². The first-order chi connectivity index (χ1) is 10.6. The topological polar surface area (TPSA) is 37.8 Å². The third kappa shape index (κ3) is 2.82. The van der Waals surface area contributed by atoms with E-state index < -0.39 is 5.76 Å². The number of nitrogens with one attached hydrogen (secondary N) is 1. The van der Waals surface area contributed by atoms with E-state index in [1.807, 2.05) is 6.07 Å². The number of hydrogen-bond acceptors (Lipinski definition) is 3. The molecule has 0 radical (unpaired) electrons. The molecule has 0 atom stereocenters. The highest BCUT2D eigenvalue weighted by atomic mass is 32.2. The van der Waals surface area contributed by atoms with Crippen LogP contribution in [0, 0.1) is 4.77 Å². The first kappa shape index (κ1) is 14.9. The first-order valence-corrected chi connectivity index (χ1v) is 7.64. The zero-order valence-corrected chi connectivity index (χ0v) is 12.8. The van der Waals surface area contributed by atoms with Crippen LogP contribution in [0.25, 0.3) is 16.6 Å². The molecule has 0 aliphatic carbocycles. The molecule has 1 heterocycles. The normalized spacial score (nSPS) is 11.2. The molecule has 0 unspecified atom stereocenters. The van der Waals surface area contributed by atoms with E-state index in [1.54, 1.807) is 42.5 Å². The molecule has 112 valence electrons. The van der Waals surface area contributed by atoms with Gasteiger partial charge in [-0.15, -0.1) is 0 Å². The molecule has 0 amide bonds. The average Bonchev–Trinajstić information content (AvgIpc) is 2.48. The molecule has 0 saturated carbocycles. The number of rotatable bonds is 3. The van der Waals surface area contributed by atoms with Crippen LogP contribution in [0.2, 0.25) is 0 Å². The van der Waals surface area contributed by atoms with Crippen molar-refractivity contribution < 1.29 is 8.78 Å². The number of fused-ring (bicyclic) bond motifs is 1. The van der Waals surface area contributed by atoms with Crippen LogP contribution in [0.3, 0.4) is 0 Å². The number of hydrogen-bond donors (Lipinski definition) is 1. The van der Waals surface area contributed by atoms with Crippen LogP contribution in [0.1, 0.15) is 0 Å². The SMILES string of the molecule is O=c1c2ccccc2[nH]c(=S)n1-c1ccc(SC(F)F)cc1. The van der Waals surface area contributed by atoms with E-state index in [4.69, 9.17) is 12.2 Å². The van der Waals surface area contributed by atoms with Crippen molar-refractivity contribution in [1.29, 1.82) is 0 Å². The predicted octanol–water partition coefficient (Wildman–Crippen LogP) is 4.36. The Morgan fingerprint density at radius 3 is 2.45 bits per heavy atom. The molecule has 0 fully saturated rings. The lowest BCUT2D eigenvalue weighted by Gasteiger charge is -2.09. The quantitative estimate of drug-likeness (QED) is 0.570. The number of aromatic amines is 1. The molecule has 0 bridgehead atoms. The number of alkyl halides is 2. The summed E-state index contributed by atoms with van der Waals surface area (Å²) in [5, 5.41) is 0.516. The summed E-state index contributed by atoms with van der Waals surface area (Å²) >= 11 is 5.69. The van der Waals surface area contributed by atoms with Gasteiger partial charge in [-0.2, -0.15) is 8.78 Å². The lowest BCUT2D eigenvalue weighted by molar-refractivity contribution is 0.252. The van der Waals surface area contributed by atoms with Crippen molar-refractivity contribution in [3.8, 4) is 5.69 Å². The summed E-state index contributed by atoms with van der Waals surface area (Å²) in [7, 11) is 0. The van der Waals surface area contributed by atoms with Crippen molar-refractivity contribution in [1.82, 2.24) is 9.55 Å². The highest BCUT2D eigenvalue weighted by molar-refractivity contribution is 7.99. The summed E-state index contributed by atoms with van der Waals surface area (Å²) in [5.74, 6) is -2.47. The lowest BCUT2D eigenvalue weighted by atomic mass is 10.2. The second kappa shape index (κ2) is 6.02. The van der Waals surface area contributed by atoms with Crippen LogP contribution in [0.4, 0.5) is 8.78 Å². The Hall–Kier alpha value is -1.99. The van der Waals surface area contributed by atoms with Gasteiger partial charge in [-0.3, -0.25) is 9.36 Å². The van der Waals surface area contributed by atoms with Gasteiger partial charge in [0.25, 0.3) is 11.3 Å². The van der Waals surface area contributed by atoms with Gasteiger partial charge in [0, 0.05) is 4.90 Å². The zero-order chi connectivity index (χ0) is 15.7. The largest absolute Gasteiger partial charge is 0.331 e. The highest BCUT2D eigenvalue weighted by Gasteiger charge is 2.09. The standard InChI is InChI=1S/C15H10F2N2OS2/c16-14(17)22-10-7-5-9(6-8-10)19-13(20)11-3-1-2-4-12(11)18-15(19)21/h1-8,14H,(H,18,21). The maximum Gasteiger partial charge on any atom is 0.288 e. The minimum Gasteiger partial charge on any atom is -0.331 e. The monoisotopic (exact) mass is 336 g/mol. The van der Waals surface area contributed by atoms with Gasteiger partial charge in [-0.05, 0) is 48.6 Å². The Bertz CT molecular complexity index is 933. The van der Waals surface area contributed by atoms with E-state index in [9.17, 15) is 13.6 Å². The zero-order valence-electron chi connectivity index (χ0n) is 11.1. The van der Waals surface area contributed by atoms with Gasteiger partial charge in [-0.25, -0.2) is 0 Å². The second-order valence-electron chi connectivity index (χ2n) is 4.49. The predicted molar refractivity (Wildman–Crippen MR) is 86.6 cm³/mol. The van der Waals surface area contributed by atoms with Crippen molar-refractivity contribution in [2.75, 3.05) is 0 Å². The van der Waals surface area contributed by atoms with Gasteiger partial charge >= 0.3 is 0 Å². The van der Waals surface area contributed by atoms with E-state index >= 15 is 0 Å². The number of para-hydroxylation sites is 1. The van der Waals surface area contributed by atoms with Gasteiger partial charge in [0.2, 0.25) is 0 Å². The minimum absolute atomic E-state index is 0.242. The third-order valence-corrected chi connectivity index (χ3v) is 4.13.